The minimum Gasteiger partial charge on any atom is -0.393 e. The average molecular weight is 504 g/mol. The molecule has 2 aromatic heterocycles. The number of fused-ring (bicyclic) bond motifs is 1. The molecule has 0 radical (unpaired) electrons. The molecule has 3 aromatic rings. The molecule has 5 rings (SSSR count). The van der Waals surface area contributed by atoms with Gasteiger partial charge in [0.15, 0.2) is 17.3 Å². The molecule has 0 unspecified atom stereocenters. The van der Waals surface area contributed by atoms with Crippen LogP contribution < -0.4 is 16.4 Å². The molecule has 36 heavy (non-hydrogen) atoms. The second kappa shape index (κ2) is 9.23. The molecule has 2 atom stereocenters. The number of hydrogen-bond acceptors (Lipinski definition) is 7. The summed E-state index contributed by atoms with van der Waals surface area (Å²) in [7, 11) is 0. The number of nitrogens with one attached hydrogen (secondary N) is 2. The maximum atomic E-state index is 14.5. The fourth-order valence-electron chi connectivity index (χ4n) is 5.18. The first kappa shape index (κ1) is 24.3. The number of aliphatic hydroxyl groups excluding tert-OH is 1. The third-order valence-electron chi connectivity index (χ3n) is 7.43. The Morgan fingerprint density at radius 3 is 2.44 bits per heavy atom. The van der Waals surface area contributed by atoms with Crippen molar-refractivity contribution in [2.75, 3.05) is 10.6 Å². The predicted molar refractivity (Wildman–Crippen MR) is 127 cm³/mol. The summed E-state index contributed by atoms with van der Waals surface area (Å²) >= 11 is 0. The van der Waals surface area contributed by atoms with Gasteiger partial charge in [0.2, 0.25) is 17.8 Å². The number of primary amides is 1. The topological polar surface area (TPSA) is 131 Å². The molecular weight excluding hydrogens is 475 g/mol. The highest BCUT2D eigenvalue weighted by Gasteiger charge is 2.38. The standard InChI is InChI=1S/C24H28F3N7O2/c1-24(21(28)36)6-4-14(5-7-24)34-20-18(11-29-22(33-20)30-13-2-3-15(35)10-13)31-23(34)32-19-16(26)8-12(25)9-17(19)27/h8-9,11,13-15,35H,2-7,10H2,1H3,(H2,28,36)(H,31,32)(H,29,30,33)/t13-,14-,15-,24+/m0/s1. The molecule has 0 saturated heterocycles. The fraction of sp³-hybridized carbons (Fsp3) is 0.500. The lowest BCUT2D eigenvalue weighted by atomic mass is 9.73. The zero-order valence-corrected chi connectivity index (χ0v) is 19.8. The van der Waals surface area contributed by atoms with E-state index in [9.17, 15) is 23.1 Å². The summed E-state index contributed by atoms with van der Waals surface area (Å²) in [5.74, 6) is -3.09. The second-order valence-corrected chi connectivity index (χ2v) is 10.0. The van der Waals surface area contributed by atoms with Crippen molar-refractivity contribution in [3.63, 3.8) is 0 Å². The Kier molecular flexibility index (Phi) is 6.23. The Bertz CT molecular complexity index is 1280. The van der Waals surface area contributed by atoms with Crippen LogP contribution in [-0.4, -0.2) is 42.7 Å². The van der Waals surface area contributed by atoms with E-state index in [1.165, 1.54) is 6.20 Å². The monoisotopic (exact) mass is 503 g/mol. The summed E-state index contributed by atoms with van der Waals surface area (Å²) in [4.78, 5) is 25.4. The van der Waals surface area contributed by atoms with Crippen LogP contribution in [0.25, 0.3) is 11.2 Å². The van der Waals surface area contributed by atoms with Gasteiger partial charge in [0.05, 0.1) is 12.3 Å². The number of anilines is 3. The fourth-order valence-corrected chi connectivity index (χ4v) is 5.18. The van der Waals surface area contributed by atoms with Gasteiger partial charge in [0, 0.05) is 29.6 Å². The van der Waals surface area contributed by atoms with Crippen LogP contribution in [0.15, 0.2) is 18.3 Å². The lowest BCUT2D eigenvalue weighted by Crippen LogP contribution is -2.38. The summed E-state index contributed by atoms with van der Waals surface area (Å²) in [5.41, 5.74) is 5.29. The number of rotatable bonds is 6. The quantitative estimate of drug-likeness (QED) is 0.401. The summed E-state index contributed by atoms with van der Waals surface area (Å²) in [6, 6.07) is 1.02. The minimum absolute atomic E-state index is 0.0276. The molecule has 2 aliphatic carbocycles. The van der Waals surface area contributed by atoms with Gasteiger partial charge in [-0.15, -0.1) is 0 Å². The molecule has 0 spiro atoms. The summed E-state index contributed by atoms with van der Waals surface area (Å²) in [6.45, 7) is 1.83. The van der Waals surface area contributed by atoms with E-state index in [-0.39, 0.29) is 30.0 Å². The highest BCUT2D eigenvalue weighted by atomic mass is 19.1. The third-order valence-corrected chi connectivity index (χ3v) is 7.43. The number of nitrogens with zero attached hydrogens (tertiary/aromatic N) is 4. The van der Waals surface area contributed by atoms with E-state index in [4.69, 9.17) is 5.73 Å². The molecule has 9 nitrogen and oxygen atoms in total. The van der Waals surface area contributed by atoms with Gasteiger partial charge in [-0.25, -0.2) is 23.1 Å². The smallest absolute Gasteiger partial charge is 0.224 e. The number of imidazole rings is 1. The van der Waals surface area contributed by atoms with E-state index < -0.39 is 28.6 Å². The normalized spacial score (nSPS) is 26.3. The van der Waals surface area contributed by atoms with Gasteiger partial charge < -0.3 is 21.5 Å². The summed E-state index contributed by atoms with van der Waals surface area (Å²) < 4.78 is 44.1. The Morgan fingerprint density at radius 1 is 1.14 bits per heavy atom. The van der Waals surface area contributed by atoms with E-state index in [1.807, 2.05) is 6.92 Å². The molecule has 0 aliphatic heterocycles. The molecule has 0 bridgehead atoms. The second-order valence-electron chi connectivity index (χ2n) is 10.0. The van der Waals surface area contributed by atoms with Crippen LogP contribution in [-0.2, 0) is 4.79 Å². The lowest BCUT2D eigenvalue weighted by Gasteiger charge is -2.35. The first-order valence-corrected chi connectivity index (χ1v) is 12.0. The molecule has 2 heterocycles. The van der Waals surface area contributed by atoms with Crippen molar-refractivity contribution in [1.29, 1.82) is 0 Å². The van der Waals surface area contributed by atoms with Crippen LogP contribution in [0.5, 0.6) is 0 Å². The Hall–Kier alpha value is -3.41. The predicted octanol–water partition coefficient (Wildman–Crippen LogP) is 3.92. The number of nitrogens with two attached hydrogens (primary N) is 1. The molecule has 2 aliphatic rings. The van der Waals surface area contributed by atoms with Crippen LogP contribution >= 0.6 is 0 Å². The van der Waals surface area contributed by atoms with Crippen molar-refractivity contribution in [2.24, 2.45) is 11.1 Å². The lowest BCUT2D eigenvalue weighted by molar-refractivity contribution is -0.128. The van der Waals surface area contributed by atoms with Gasteiger partial charge >= 0.3 is 0 Å². The molecule has 5 N–H and O–H groups in total. The SMILES string of the molecule is C[C@]1(C(N)=O)CC[C@@H](n2c(Nc3c(F)cc(F)cc3F)nc3cnc(N[C@H]4CC[C@H](O)C4)nc32)CC1. The van der Waals surface area contributed by atoms with Crippen LogP contribution in [0.3, 0.4) is 0 Å². The van der Waals surface area contributed by atoms with E-state index in [2.05, 4.69) is 25.6 Å². The van der Waals surface area contributed by atoms with Crippen LogP contribution in [0.4, 0.5) is 30.8 Å². The van der Waals surface area contributed by atoms with Crippen molar-refractivity contribution in [3.05, 3.63) is 35.8 Å². The highest BCUT2D eigenvalue weighted by Crippen LogP contribution is 2.43. The maximum absolute atomic E-state index is 14.5. The van der Waals surface area contributed by atoms with Gasteiger partial charge in [0.1, 0.15) is 17.0 Å². The van der Waals surface area contributed by atoms with E-state index >= 15 is 0 Å². The largest absolute Gasteiger partial charge is 0.393 e. The van der Waals surface area contributed by atoms with Crippen molar-refractivity contribution >= 4 is 34.7 Å². The van der Waals surface area contributed by atoms with Gasteiger partial charge in [-0.3, -0.25) is 9.36 Å². The Morgan fingerprint density at radius 2 is 1.83 bits per heavy atom. The molecule has 192 valence electrons. The number of aliphatic hydroxyl groups is 1. The van der Waals surface area contributed by atoms with Crippen LogP contribution in [0, 0.1) is 22.9 Å². The number of hydrogen-bond donors (Lipinski definition) is 4. The highest BCUT2D eigenvalue weighted by molar-refractivity contribution is 5.80. The molecular formula is C24H28F3N7O2. The minimum atomic E-state index is -1.09. The summed E-state index contributed by atoms with van der Waals surface area (Å²) in [6.07, 6.45) is 5.41. The van der Waals surface area contributed by atoms with Gasteiger partial charge in [0.25, 0.3) is 0 Å². The van der Waals surface area contributed by atoms with Gasteiger partial charge in [-0.05, 0) is 44.9 Å². The summed E-state index contributed by atoms with van der Waals surface area (Å²) in [5, 5.41) is 15.8. The van der Waals surface area contributed by atoms with Crippen LogP contribution in [0.2, 0.25) is 0 Å². The molecule has 2 saturated carbocycles. The molecule has 1 amide bonds. The van der Waals surface area contributed by atoms with Crippen molar-refractivity contribution in [3.8, 4) is 0 Å². The van der Waals surface area contributed by atoms with Gasteiger partial charge in [-0.2, -0.15) is 4.98 Å². The number of halogens is 3. The Balaban J connectivity index is 1.53. The first-order valence-electron chi connectivity index (χ1n) is 12.0. The van der Waals surface area contributed by atoms with Crippen molar-refractivity contribution < 1.29 is 23.1 Å². The van der Waals surface area contributed by atoms with Gasteiger partial charge in [-0.1, -0.05) is 6.92 Å². The third kappa shape index (κ3) is 4.57. The first-order chi connectivity index (χ1) is 17.1. The molecule has 12 heteroatoms. The van der Waals surface area contributed by atoms with Crippen LogP contribution in [0.1, 0.15) is 57.9 Å². The van der Waals surface area contributed by atoms with E-state index in [0.717, 1.165) is 6.42 Å². The Labute approximate surface area is 205 Å². The number of carbonyl (C=O) groups is 1. The van der Waals surface area contributed by atoms with E-state index in [0.29, 0.717) is 67.8 Å². The molecule has 2 fully saturated rings. The number of aromatic nitrogens is 4. The molecule has 1 aromatic carbocycles. The number of carbonyl (C=O) groups excluding carboxylic acids is 1. The zero-order chi connectivity index (χ0) is 25.6. The van der Waals surface area contributed by atoms with Crippen molar-refractivity contribution in [1.82, 2.24) is 19.5 Å². The maximum Gasteiger partial charge on any atom is 0.224 e. The number of benzene rings is 1. The zero-order valence-electron chi connectivity index (χ0n) is 19.8. The average Bonchev–Trinajstić information content (AvgIpc) is 3.39. The van der Waals surface area contributed by atoms with Crippen molar-refractivity contribution in [2.45, 2.75) is 70.1 Å². The number of amides is 1. The van der Waals surface area contributed by atoms with E-state index in [1.54, 1.807) is 4.57 Å².